The van der Waals surface area contributed by atoms with E-state index in [4.69, 9.17) is 5.73 Å². The SMILES string of the molecule is CN1CCN(c2ncccc2N)c2ccccc21. The third kappa shape index (κ3) is 1.66. The molecule has 1 aromatic heterocycles. The van der Waals surface area contributed by atoms with Crippen molar-refractivity contribution < 1.29 is 0 Å². The molecule has 4 nitrogen and oxygen atoms in total. The third-order valence-electron chi connectivity index (χ3n) is 3.32. The van der Waals surface area contributed by atoms with Crippen LogP contribution in [0.4, 0.5) is 22.9 Å². The fourth-order valence-electron chi connectivity index (χ4n) is 2.36. The Labute approximate surface area is 107 Å². The molecule has 2 heterocycles. The minimum Gasteiger partial charge on any atom is -0.396 e. The van der Waals surface area contributed by atoms with Gasteiger partial charge in [0.2, 0.25) is 0 Å². The third-order valence-corrected chi connectivity index (χ3v) is 3.32. The van der Waals surface area contributed by atoms with Gasteiger partial charge in [-0.1, -0.05) is 12.1 Å². The van der Waals surface area contributed by atoms with E-state index in [1.807, 2.05) is 18.2 Å². The highest BCUT2D eigenvalue weighted by Gasteiger charge is 2.22. The largest absolute Gasteiger partial charge is 0.396 e. The van der Waals surface area contributed by atoms with Crippen LogP contribution in [0.3, 0.4) is 0 Å². The van der Waals surface area contributed by atoms with Gasteiger partial charge >= 0.3 is 0 Å². The summed E-state index contributed by atoms with van der Waals surface area (Å²) in [6, 6.07) is 12.1. The molecule has 4 heteroatoms. The van der Waals surface area contributed by atoms with Gasteiger partial charge in [-0.05, 0) is 24.3 Å². The van der Waals surface area contributed by atoms with E-state index in [2.05, 4.69) is 40.0 Å². The zero-order valence-electron chi connectivity index (χ0n) is 10.4. The molecule has 0 fully saturated rings. The van der Waals surface area contributed by atoms with E-state index in [0.717, 1.165) is 30.3 Å². The highest BCUT2D eigenvalue weighted by atomic mass is 15.3. The highest BCUT2D eigenvalue weighted by molar-refractivity contribution is 5.81. The lowest BCUT2D eigenvalue weighted by atomic mass is 10.1. The minimum absolute atomic E-state index is 0.719. The molecule has 0 unspecified atom stereocenters. The van der Waals surface area contributed by atoms with E-state index in [1.165, 1.54) is 5.69 Å². The van der Waals surface area contributed by atoms with Gasteiger partial charge in [0, 0.05) is 26.3 Å². The fourth-order valence-corrected chi connectivity index (χ4v) is 2.36. The van der Waals surface area contributed by atoms with Crippen molar-refractivity contribution in [1.82, 2.24) is 4.98 Å². The summed E-state index contributed by atoms with van der Waals surface area (Å²) in [4.78, 5) is 8.85. The summed E-state index contributed by atoms with van der Waals surface area (Å²) in [5.74, 6) is 0.845. The van der Waals surface area contributed by atoms with E-state index in [9.17, 15) is 0 Å². The second-order valence-electron chi connectivity index (χ2n) is 4.48. The molecule has 0 bridgehead atoms. The maximum atomic E-state index is 6.03. The number of nitrogens with two attached hydrogens (primary N) is 1. The van der Waals surface area contributed by atoms with Crippen LogP contribution in [0.25, 0.3) is 0 Å². The summed E-state index contributed by atoms with van der Waals surface area (Å²) in [5, 5.41) is 0. The van der Waals surface area contributed by atoms with E-state index in [0.29, 0.717) is 0 Å². The zero-order valence-corrected chi connectivity index (χ0v) is 10.4. The van der Waals surface area contributed by atoms with E-state index < -0.39 is 0 Å². The Morgan fingerprint density at radius 3 is 2.61 bits per heavy atom. The van der Waals surface area contributed by atoms with Crippen molar-refractivity contribution in [1.29, 1.82) is 0 Å². The first-order valence-corrected chi connectivity index (χ1v) is 6.05. The minimum atomic E-state index is 0.719. The summed E-state index contributed by atoms with van der Waals surface area (Å²) in [5.41, 5.74) is 9.12. The predicted octanol–water partition coefficient (Wildman–Crippen LogP) is 2.25. The number of aromatic nitrogens is 1. The zero-order chi connectivity index (χ0) is 12.5. The van der Waals surface area contributed by atoms with Crippen molar-refractivity contribution >= 4 is 22.9 Å². The Balaban J connectivity index is 2.11. The first-order valence-electron chi connectivity index (χ1n) is 6.05. The van der Waals surface area contributed by atoms with Gasteiger partial charge < -0.3 is 15.5 Å². The second kappa shape index (κ2) is 4.22. The summed E-state index contributed by atoms with van der Waals surface area (Å²) < 4.78 is 0. The maximum absolute atomic E-state index is 6.03. The number of fused-ring (bicyclic) bond motifs is 1. The number of likely N-dealkylation sites (N-methyl/N-ethyl adjacent to an activating group) is 1. The van der Waals surface area contributed by atoms with Gasteiger partial charge in [-0.2, -0.15) is 0 Å². The number of anilines is 4. The van der Waals surface area contributed by atoms with Crippen LogP contribution in [0.2, 0.25) is 0 Å². The first kappa shape index (κ1) is 10.9. The number of hydrogen-bond acceptors (Lipinski definition) is 4. The fraction of sp³-hybridized carbons (Fsp3) is 0.214. The number of nitrogen functional groups attached to an aromatic ring is 1. The van der Waals surface area contributed by atoms with E-state index in [1.54, 1.807) is 6.20 Å². The molecule has 0 saturated carbocycles. The Kier molecular flexibility index (Phi) is 2.55. The topological polar surface area (TPSA) is 45.4 Å². The molecule has 1 aliphatic heterocycles. The molecule has 2 N–H and O–H groups in total. The first-order chi connectivity index (χ1) is 8.77. The van der Waals surface area contributed by atoms with Crippen LogP contribution in [-0.2, 0) is 0 Å². The smallest absolute Gasteiger partial charge is 0.156 e. The van der Waals surface area contributed by atoms with Crippen LogP contribution in [-0.4, -0.2) is 25.1 Å². The predicted molar refractivity (Wildman–Crippen MR) is 75.4 cm³/mol. The number of hydrogen-bond donors (Lipinski definition) is 1. The molecule has 18 heavy (non-hydrogen) atoms. The van der Waals surface area contributed by atoms with E-state index >= 15 is 0 Å². The molecule has 0 saturated heterocycles. The molecule has 1 aromatic carbocycles. The summed E-state index contributed by atoms with van der Waals surface area (Å²) in [6.07, 6.45) is 1.78. The molecule has 0 atom stereocenters. The van der Waals surface area contributed by atoms with Crippen molar-refractivity contribution in [2.24, 2.45) is 0 Å². The van der Waals surface area contributed by atoms with Gasteiger partial charge in [0.15, 0.2) is 5.82 Å². The lowest BCUT2D eigenvalue weighted by Gasteiger charge is -2.36. The average molecular weight is 240 g/mol. The average Bonchev–Trinajstić information content (AvgIpc) is 2.41. The Hall–Kier alpha value is -2.23. The molecule has 0 aliphatic carbocycles. The molecule has 0 spiro atoms. The second-order valence-corrected chi connectivity index (χ2v) is 4.48. The maximum Gasteiger partial charge on any atom is 0.156 e. The lowest BCUT2D eigenvalue weighted by molar-refractivity contribution is 0.814. The molecule has 0 amide bonds. The van der Waals surface area contributed by atoms with Crippen molar-refractivity contribution in [3.63, 3.8) is 0 Å². The monoisotopic (exact) mass is 240 g/mol. The van der Waals surface area contributed by atoms with Crippen LogP contribution in [0.5, 0.6) is 0 Å². The van der Waals surface area contributed by atoms with Crippen LogP contribution in [0, 0.1) is 0 Å². The molecule has 3 rings (SSSR count). The summed E-state index contributed by atoms with van der Waals surface area (Å²) in [6.45, 7) is 1.86. The van der Waals surface area contributed by atoms with Crippen LogP contribution in [0.15, 0.2) is 42.6 Å². The number of pyridine rings is 1. The molecule has 92 valence electrons. The van der Waals surface area contributed by atoms with Crippen molar-refractivity contribution in [2.75, 3.05) is 35.7 Å². The van der Waals surface area contributed by atoms with Gasteiger partial charge in [-0.3, -0.25) is 0 Å². The van der Waals surface area contributed by atoms with Gasteiger partial charge in [-0.25, -0.2) is 4.98 Å². The highest BCUT2D eigenvalue weighted by Crippen LogP contribution is 2.37. The number of nitrogens with zero attached hydrogens (tertiary/aromatic N) is 3. The van der Waals surface area contributed by atoms with Crippen LogP contribution >= 0.6 is 0 Å². The van der Waals surface area contributed by atoms with Crippen molar-refractivity contribution in [3.05, 3.63) is 42.6 Å². The number of benzene rings is 1. The number of rotatable bonds is 1. The van der Waals surface area contributed by atoms with Crippen molar-refractivity contribution in [2.45, 2.75) is 0 Å². The summed E-state index contributed by atoms with van der Waals surface area (Å²) in [7, 11) is 2.11. The molecule has 0 radical (unpaired) electrons. The quantitative estimate of drug-likeness (QED) is 0.830. The molecular weight excluding hydrogens is 224 g/mol. The molecule has 1 aliphatic rings. The van der Waals surface area contributed by atoms with E-state index in [-0.39, 0.29) is 0 Å². The summed E-state index contributed by atoms with van der Waals surface area (Å²) >= 11 is 0. The lowest BCUT2D eigenvalue weighted by Crippen LogP contribution is -2.37. The van der Waals surface area contributed by atoms with Crippen LogP contribution in [0.1, 0.15) is 0 Å². The Morgan fingerprint density at radius 2 is 1.83 bits per heavy atom. The number of para-hydroxylation sites is 2. The van der Waals surface area contributed by atoms with Gasteiger partial charge in [-0.15, -0.1) is 0 Å². The van der Waals surface area contributed by atoms with Gasteiger partial charge in [0.25, 0.3) is 0 Å². The molecular formula is C14H16N4. The standard InChI is InChI=1S/C14H16N4/c1-17-9-10-18(13-7-3-2-6-12(13)17)14-11(15)5-4-8-16-14/h2-8H,9-10,15H2,1H3. The Morgan fingerprint density at radius 1 is 1.06 bits per heavy atom. The van der Waals surface area contributed by atoms with Gasteiger partial charge in [0.05, 0.1) is 17.1 Å². The van der Waals surface area contributed by atoms with Gasteiger partial charge in [0.1, 0.15) is 0 Å². The molecule has 2 aromatic rings. The van der Waals surface area contributed by atoms with Crippen LogP contribution < -0.4 is 15.5 Å². The normalized spacial score (nSPS) is 14.5. The van der Waals surface area contributed by atoms with Crippen molar-refractivity contribution in [3.8, 4) is 0 Å². The Bertz CT molecular complexity index is 567.